The van der Waals surface area contributed by atoms with Gasteiger partial charge >= 0.3 is 0 Å². The van der Waals surface area contributed by atoms with Crippen LogP contribution in [-0.4, -0.2) is 16.1 Å². The van der Waals surface area contributed by atoms with Gasteiger partial charge in [0, 0.05) is 4.88 Å². The molecule has 1 aromatic carbocycles. The van der Waals surface area contributed by atoms with Gasteiger partial charge in [-0.1, -0.05) is 30.3 Å². The maximum absolute atomic E-state index is 12.1. The fourth-order valence-corrected chi connectivity index (χ4v) is 3.69. The molecule has 0 aliphatic heterocycles. The van der Waals surface area contributed by atoms with Crippen LogP contribution in [0.15, 0.2) is 30.3 Å². The summed E-state index contributed by atoms with van der Waals surface area (Å²) >= 11 is 6.00. The second kappa shape index (κ2) is 5.97. The Morgan fingerprint density at radius 1 is 1.35 bits per heavy atom. The number of hydrogen-bond donors (Lipinski definition) is 2. The molecule has 5 heteroatoms. The average Bonchev–Trinajstić information content (AvgIpc) is 3.00. The number of thiazole rings is 1. The third-order valence-corrected chi connectivity index (χ3v) is 4.89. The van der Waals surface area contributed by atoms with E-state index < -0.39 is 0 Å². The predicted molar refractivity (Wildman–Crippen MR) is 85.7 cm³/mol. The number of nitrogens with zero attached hydrogens (tertiary/aromatic N) is 1. The Morgan fingerprint density at radius 3 is 2.90 bits per heavy atom. The molecule has 3 nitrogen and oxygen atoms in total. The number of anilines is 1. The highest BCUT2D eigenvalue weighted by atomic mass is 32.1. The Labute approximate surface area is 127 Å². The van der Waals surface area contributed by atoms with Gasteiger partial charge in [-0.25, -0.2) is 4.98 Å². The van der Waals surface area contributed by atoms with Gasteiger partial charge in [0.2, 0.25) is 5.91 Å². The van der Waals surface area contributed by atoms with E-state index in [9.17, 15) is 4.79 Å². The van der Waals surface area contributed by atoms with Crippen molar-refractivity contribution >= 4 is 35.0 Å². The van der Waals surface area contributed by atoms with Crippen LogP contribution in [0.1, 0.15) is 22.6 Å². The van der Waals surface area contributed by atoms with Crippen LogP contribution in [0.5, 0.6) is 0 Å². The first-order chi connectivity index (χ1) is 9.72. The van der Waals surface area contributed by atoms with E-state index in [1.54, 1.807) is 11.3 Å². The molecule has 0 radical (unpaired) electrons. The van der Waals surface area contributed by atoms with Crippen LogP contribution in [0, 0.1) is 0 Å². The summed E-state index contributed by atoms with van der Waals surface area (Å²) in [4.78, 5) is 17.9. The minimum absolute atomic E-state index is 0.0791. The fourth-order valence-electron chi connectivity index (χ4n) is 2.36. The zero-order valence-electron chi connectivity index (χ0n) is 11.0. The van der Waals surface area contributed by atoms with E-state index in [0.717, 1.165) is 24.1 Å². The molecule has 1 N–H and O–H groups in total. The van der Waals surface area contributed by atoms with E-state index in [2.05, 4.69) is 22.9 Å². The Kier molecular flexibility index (Phi) is 4.08. The van der Waals surface area contributed by atoms with E-state index in [-0.39, 0.29) is 11.2 Å². The number of hydrogen-bond acceptors (Lipinski definition) is 4. The number of carbonyl (C=O) groups is 1. The van der Waals surface area contributed by atoms with E-state index in [1.165, 1.54) is 11.3 Å². The Balaban J connectivity index is 1.60. The highest BCUT2D eigenvalue weighted by Gasteiger charge is 2.20. The molecule has 0 fully saturated rings. The normalized spacial score (nSPS) is 14.8. The molecular weight excluding hydrogens is 288 g/mol. The van der Waals surface area contributed by atoms with Gasteiger partial charge in [0.25, 0.3) is 0 Å². The lowest BCUT2D eigenvalue weighted by molar-refractivity contribution is -0.115. The lowest BCUT2D eigenvalue weighted by Crippen LogP contribution is -2.25. The number of rotatable bonds is 4. The first kappa shape index (κ1) is 13.6. The van der Waals surface area contributed by atoms with Gasteiger partial charge in [-0.2, -0.15) is 12.6 Å². The lowest BCUT2D eigenvalue weighted by atomic mass is 10.1. The van der Waals surface area contributed by atoms with E-state index in [4.69, 9.17) is 0 Å². The smallest absolute Gasteiger partial charge is 0.239 e. The van der Waals surface area contributed by atoms with Crippen molar-refractivity contribution in [1.82, 2.24) is 4.98 Å². The van der Waals surface area contributed by atoms with Crippen LogP contribution < -0.4 is 5.32 Å². The molecule has 0 spiro atoms. The number of aromatic nitrogens is 1. The summed E-state index contributed by atoms with van der Waals surface area (Å²) < 4.78 is 0. The number of thiol groups is 1. The van der Waals surface area contributed by atoms with Gasteiger partial charge in [-0.15, -0.1) is 11.3 Å². The van der Waals surface area contributed by atoms with Crippen molar-refractivity contribution in [2.45, 2.75) is 30.9 Å². The summed E-state index contributed by atoms with van der Waals surface area (Å²) in [6, 6.07) is 9.93. The van der Waals surface area contributed by atoms with Crippen LogP contribution in [0.4, 0.5) is 5.13 Å². The van der Waals surface area contributed by atoms with Crippen LogP contribution in [0.2, 0.25) is 0 Å². The molecule has 0 saturated carbocycles. The minimum atomic E-state index is -0.351. The van der Waals surface area contributed by atoms with Crippen LogP contribution in [0.25, 0.3) is 0 Å². The van der Waals surface area contributed by atoms with Gasteiger partial charge < -0.3 is 5.32 Å². The maximum atomic E-state index is 12.1. The predicted octanol–water partition coefficient (Wildman–Crippen LogP) is 3.11. The molecule has 1 unspecified atom stereocenters. The molecule has 1 aliphatic rings. The molecule has 20 heavy (non-hydrogen) atoms. The van der Waals surface area contributed by atoms with Gasteiger partial charge in [0.05, 0.1) is 10.9 Å². The lowest BCUT2D eigenvalue weighted by Gasteiger charge is -2.10. The number of fused-ring (bicyclic) bond motifs is 1. The topological polar surface area (TPSA) is 42.0 Å². The summed E-state index contributed by atoms with van der Waals surface area (Å²) in [5, 5.41) is 3.25. The summed E-state index contributed by atoms with van der Waals surface area (Å²) in [6.45, 7) is 0. The minimum Gasteiger partial charge on any atom is -0.301 e. The van der Waals surface area contributed by atoms with E-state index in [0.29, 0.717) is 11.6 Å². The first-order valence-corrected chi connectivity index (χ1v) is 8.07. The van der Waals surface area contributed by atoms with Crippen molar-refractivity contribution in [3.63, 3.8) is 0 Å². The molecule has 0 bridgehead atoms. The van der Waals surface area contributed by atoms with E-state index >= 15 is 0 Å². The first-order valence-electron chi connectivity index (χ1n) is 6.74. The number of nitrogens with one attached hydrogen (secondary N) is 1. The van der Waals surface area contributed by atoms with Gasteiger partial charge in [0.1, 0.15) is 0 Å². The Bertz CT molecular complexity index is 588. The molecular formula is C15H16N2OS2. The van der Waals surface area contributed by atoms with E-state index in [1.807, 2.05) is 30.3 Å². The number of carbonyl (C=O) groups excluding carboxylic acids is 1. The highest BCUT2D eigenvalue weighted by molar-refractivity contribution is 7.81. The molecule has 0 saturated heterocycles. The van der Waals surface area contributed by atoms with Crippen molar-refractivity contribution in [2.24, 2.45) is 0 Å². The molecule has 104 valence electrons. The Hall–Kier alpha value is -1.33. The van der Waals surface area contributed by atoms with Gasteiger partial charge in [-0.3, -0.25) is 4.79 Å². The summed E-state index contributed by atoms with van der Waals surface area (Å²) in [6.07, 6.45) is 3.94. The molecule has 1 atom stereocenters. The van der Waals surface area contributed by atoms with Crippen molar-refractivity contribution in [1.29, 1.82) is 0 Å². The second-order valence-electron chi connectivity index (χ2n) is 4.94. The van der Waals surface area contributed by atoms with Crippen molar-refractivity contribution in [3.05, 3.63) is 46.5 Å². The Morgan fingerprint density at radius 2 is 2.15 bits per heavy atom. The van der Waals surface area contributed by atoms with Gasteiger partial charge in [-0.05, 0) is 31.2 Å². The van der Waals surface area contributed by atoms with Crippen LogP contribution >= 0.6 is 24.0 Å². The summed E-state index contributed by atoms with van der Waals surface area (Å²) in [7, 11) is 0. The second-order valence-corrected chi connectivity index (χ2v) is 6.64. The van der Waals surface area contributed by atoms with Crippen LogP contribution in [-0.2, 0) is 24.1 Å². The monoisotopic (exact) mass is 304 g/mol. The third-order valence-electron chi connectivity index (χ3n) is 3.40. The maximum Gasteiger partial charge on any atom is 0.239 e. The van der Waals surface area contributed by atoms with Gasteiger partial charge in [0.15, 0.2) is 5.13 Å². The standard InChI is InChI=1S/C15H16N2OS2/c18-14(12(19)9-10-5-2-1-3-6-10)17-15-16-11-7-4-8-13(11)20-15/h1-3,5-6,12,19H,4,7-9H2,(H,16,17,18). The van der Waals surface area contributed by atoms with Crippen molar-refractivity contribution in [3.8, 4) is 0 Å². The number of benzene rings is 1. The van der Waals surface area contributed by atoms with Crippen molar-refractivity contribution in [2.75, 3.05) is 5.32 Å². The fraction of sp³-hybridized carbons (Fsp3) is 0.333. The quantitative estimate of drug-likeness (QED) is 0.852. The molecule has 2 aromatic rings. The molecule has 1 aromatic heterocycles. The number of amides is 1. The summed E-state index contributed by atoms with van der Waals surface area (Å²) in [5.74, 6) is -0.0791. The van der Waals surface area contributed by atoms with Crippen LogP contribution in [0.3, 0.4) is 0 Å². The zero-order chi connectivity index (χ0) is 13.9. The average molecular weight is 304 g/mol. The van der Waals surface area contributed by atoms with Crippen molar-refractivity contribution < 1.29 is 4.79 Å². The molecule has 3 rings (SSSR count). The highest BCUT2D eigenvalue weighted by Crippen LogP contribution is 2.30. The third kappa shape index (κ3) is 3.04. The largest absolute Gasteiger partial charge is 0.301 e. The SMILES string of the molecule is O=C(Nc1nc2c(s1)CCC2)C(S)Cc1ccccc1. The number of aryl methyl sites for hydroxylation is 2. The zero-order valence-corrected chi connectivity index (χ0v) is 12.7. The molecule has 1 amide bonds. The summed E-state index contributed by atoms with van der Waals surface area (Å²) in [5.41, 5.74) is 2.27. The molecule has 1 heterocycles. The molecule has 1 aliphatic carbocycles.